The number of aliphatic carboxylic acids is 1. The Kier molecular flexibility index (Phi) is 2.32. The number of carbonyl (C=O) groups is 1. The molecular formula is C14H16ClNO2. The maximum Gasteiger partial charge on any atom is 0.321 e. The molecule has 3 N–H and O–H groups in total. The molecule has 18 heavy (non-hydrogen) atoms. The van der Waals surface area contributed by atoms with E-state index < -0.39 is 12.0 Å². The highest BCUT2D eigenvalue weighted by Crippen LogP contribution is 2.75. The summed E-state index contributed by atoms with van der Waals surface area (Å²) in [6.07, 6.45) is 2.70. The molecule has 3 fully saturated rings. The van der Waals surface area contributed by atoms with Crippen LogP contribution in [-0.4, -0.2) is 17.1 Å². The third-order valence-corrected chi connectivity index (χ3v) is 4.99. The summed E-state index contributed by atoms with van der Waals surface area (Å²) in [5.74, 6) is -0.879. The van der Waals surface area contributed by atoms with Crippen LogP contribution >= 0.6 is 11.6 Å². The average molecular weight is 266 g/mol. The van der Waals surface area contributed by atoms with E-state index in [0.717, 1.165) is 24.3 Å². The zero-order chi connectivity index (χ0) is 13.1. The van der Waals surface area contributed by atoms with Gasteiger partial charge in [0.05, 0.1) is 0 Å². The lowest BCUT2D eigenvalue weighted by Gasteiger charge is -2.72. The minimum Gasteiger partial charge on any atom is -0.480 e. The summed E-state index contributed by atoms with van der Waals surface area (Å²) in [6.45, 7) is 2.06. The van der Waals surface area contributed by atoms with Crippen LogP contribution in [0.5, 0.6) is 0 Å². The zero-order valence-corrected chi connectivity index (χ0v) is 11.0. The maximum atomic E-state index is 11.0. The zero-order valence-electron chi connectivity index (χ0n) is 10.2. The van der Waals surface area contributed by atoms with Crippen molar-refractivity contribution in [1.82, 2.24) is 0 Å². The summed E-state index contributed by atoms with van der Waals surface area (Å²) >= 11 is 5.96. The largest absolute Gasteiger partial charge is 0.480 e. The van der Waals surface area contributed by atoms with Crippen molar-refractivity contribution in [1.29, 1.82) is 0 Å². The SMILES string of the molecule is Cc1cc(Cl)ccc1C12CC(C(N)C(=O)O)(C1)C2. The second-order valence-electron chi connectivity index (χ2n) is 5.95. The van der Waals surface area contributed by atoms with Gasteiger partial charge in [-0.15, -0.1) is 0 Å². The van der Waals surface area contributed by atoms with Gasteiger partial charge in [-0.05, 0) is 60.3 Å². The first-order chi connectivity index (χ1) is 8.39. The Morgan fingerprint density at radius 1 is 1.44 bits per heavy atom. The Bertz CT molecular complexity index is 521. The van der Waals surface area contributed by atoms with Gasteiger partial charge in [0.25, 0.3) is 0 Å². The quantitative estimate of drug-likeness (QED) is 0.883. The van der Waals surface area contributed by atoms with E-state index in [4.69, 9.17) is 22.4 Å². The Morgan fingerprint density at radius 3 is 2.56 bits per heavy atom. The number of hydrogen-bond acceptors (Lipinski definition) is 2. The number of carboxylic acid groups (broad SMARTS) is 1. The van der Waals surface area contributed by atoms with Crippen molar-refractivity contribution in [3.05, 3.63) is 34.3 Å². The van der Waals surface area contributed by atoms with Gasteiger partial charge in [-0.3, -0.25) is 4.79 Å². The molecule has 3 saturated carbocycles. The van der Waals surface area contributed by atoms with Crippen LogP contribution in [0.3, 0.4) is 0 Å². The minimum absolute atomic E-state index is 0.155. The smallest absolute Gasteiger partial charge is 0.321 e. The number of aryl methyl sites for hydroxylation is 1. The summed E-state index contributed by atoms with van der Waals surface area (Å²) in [5.41, 5.74) is 8.29. The van der Waals surface area contributed by atoms with Crippen LogP contribution in [0.15, 0.2) is 18.2 Å². The van der Waals surface area contributed by atoms with Gasteiger partial charge in [0.2, 0.25) is 0 Å². The highest BCUT2D eigenvalue weighted by Gasteiger charge is 2.71. The van der Waals surface area contributed by atoms with Crippen LogP contribution in [0.25, 0.3) is 0 Å². The first kappa shape index (κ1) is 12.0. The van der Waals surface area contributed by atoms with Gasteiger partial charge in [-0.1, -0.05) is 17.7 Å². The van der Waals surface area contributed by atoms with Gasteiger partial charge < -0.3 is 10.8 Å². The van der Waals surface area contributed by atoms with Crippen molar-refractivity contribution >= 4 is 17.6 Å². The molecule has 0 heterocycles. The predicted molar refractivity (Wildman–Crippen MR) is 69.8 cm³/mol. The Balaban J connectivity index is 1.82. The summed E-state index contributed by atoms with van der Waals surface area (Å²) < 4.78 is 0. The van der Waals surface area contributed by atoms with E-state index in [1.165, 1.54) is 11.1 Å². The topological polar surface area (TPSA) is 63.3 Å². The molecule has 1 aromatic carbocycles. The fourth-order valence-electron chi connectivity index (χ4n) is 3.97. The van der Waals surface area contributed by atoms with Gasteiger partial charge >= 0.3 is 5.97 Å². The van der Waals surface area contributed by atoms with Crippen LogP contribution in [0.4, 0.5) is 0 Å². The molecule has 96 valence electrons. The second-order valence-corrected chi connectivity index (χ2v) is 6.38. The molecule has 3 aliphatic rings. The summed E-state index contributed by atoms with van der Waals surface area (Å²) in [7, 11) is 0. The molecule has 1 unspecified atom stereocenters. The summed E-state index contributed by atoms with van der Waals surface area (Å²) in [6, 6.07) is 5.24. The van der Waals surface area contributed by atoms with Crippen LogP contribution < -0.4 is 5.73 Å². The third kappa shape index (κ3) is 1.38. The lowest BCUT2D eigenvalue weighted by Crippen LogP contribution is -2.72. The Morgan fingerprint density at radius 2 is 2.06 bits per heavy atom. The third-order valence-electron chi connectivity index (χ3n) is 4.76. The van der Waals surface area contributed by atoms with Crippen molar-refractivity contribution in [2.45, 2.75) is 37.6 Å². The van der Waals surface area contributed by atoms with Gasteiger partial charge in [-0.2, -0.15) is 0 Å². The first-order valence-electron chi connectivity index (χ1n) is 6.14. The monoisotopic (exact) mass is 265 g/mol. The van der Waals surface area contributed by atoms with Gasteiger partial charge in [0.1, 0.15) is 6.04 Å². The number of hydrogen-bond donors (Lipinski definition) is 2. The van der Waals surface area contributed by atoms with E-state index in [-0.39, 0.29) is 10.8 Å². The molecule has 0 amide bonds. The molecule has 2 bridgehead atoms. The van der Waals surface area contributed by atoms with Crippen LogP contribution in [0.1, 0.15) is 30.4 Å². The fourth-order valence-corrected chi connectivity index (χ4v) is 4.19. The van der Waals surface area contributed by atoms with Crippen LogP contribution in [0.2, 0.25) is 5.02 Å². The lowest BCUT2D eigenvalue weighted by atomic mass is 9.31. The molecule has 0 spiro atoms. The molecular weight excluding hydrogens is 250 g/mol. The molecule has 1 aromatic rings. The predicted octanol–water partition coefficient (Wildman–Crippen LogP) is 2.48. The molecule has 0 saturated heterocycles. The van der Waals surface area contributed by atoms with Crippen molar-refractivity contribution in [2.24, 2.45) is 11.1 Å². The minimum atomic E-state index is -0.879. The van der Waals surface area contributed by atoms with E-state index >= 15 is 0 Å². The molecule has 0 radical (unpaired) electrons. The van der Waals surface area contributed by atoms with Crippen molar-refractivity contribution < 1.29 is 9.90 Å². The standard InChI is InChI=1S/C14H16ClNO2/c1-8-4-9(15)2-3-10(8)13-5-14(6-13,7-13)11(16)12(17)18/h2-4,11H,5-7,16H2,1H3,(H,17,18). The van der Waals surface area contributed by atoms with Crippen molar-refractivity contribution in [2.75, 3.05) is 0 Å². The lowest BCUT2D eigenvalue weighted by molar-refractivity contribution is -0.179. The van der Waals surface area contributed by atoms with E-state index in [1.807, 2.05) is 12.1 Å². The highest BCUT2D eigenvalue weighted by molar-refractivity contribution is 6.30. The average Bonchev–Trinajstić information content (AvgIpc) is 2.16. The Hall–Kier alpha value is -1.06. The number of halogens is 1. The first-order valence-corrected chi connectivity index (χ1v) is 6.51. The molecule has 1 atom stereocenters. The van der Waals surface area contributed by atoms with Gasteiger partial charge in [0, 0.05) is 5.02 Å². The van der Waals surface area contributed by atoms with Crippen LogP contribution in [0, 0.1) is 12.3 Å². The van der Waals surface area contributed by atoms with E-state index in [1.54, 1.807) is 0 Å². The summed E-state index contributed by atoms with van der Waals surface area (Å²) in [5, 5.41) is 9.76. The van der Waals surface area contributed by atoms with E-state index in [0.29, 0.717) is 0 Å². The van der Waals surface area contributed by atoms with Crippen molar-refractivity contribution in [3.8, 4) is 0 Å². The molecule has 0 aliphatic heterocycles. The second kappa shape index (κ2) is 3.49. The number of benzene rings is 1. The molecule has 3 nitrogen and oxygen atoms in total. The highest BCUT2D eigenvalue weighted by atomic mass is 35.5. The summed E-state index contributed by atoms with van der Waals surface area (Å²) in [4.78, 5) is 11.0. The fraction of sp³-hybridized carbons (Fsp3) is 0.500. The number of nitrogens with two attached hydrogens (primary N) is 1. The van der Waals surface area contributed by atoms with Crippen molar-refractivity contribution in [3.63, 3.8) is 0 Å². The molecule has 4 rings (SSSR count). The van der Waals surface area contributed by atoms with E-state index in [2.05, 4.69) is 13.0 Å². The van der Waals surface area contributed by atoms with Gasteiger partial charge in [0.15, 0.2) is 0 Å². The number of rotatable bonds is 3. The number of carboxylic acids is 1. The maximum absolute atomic E-state index is 11.0. The normalized spacial score (nSPS) is 34.4. The Labute approximate surface area is 111 Å². The molecule has 4 heteroatoms. The molecule has 3 aliphatic carbocycles. The van der Waals surface area contributed by atoms with Crippen LogP contribution in [-0.2, 0) is 10.2 Å². The van der Waals surface area contributed by atoms with Gasteiger partial charge in [-0.25, -0.2) is 0 Å². The molecule has 0 aromatic heterocycles. The van der Waals surface area contributed by atoms with E-state index in [9.17, 15) is 4.79 Å².